The van der Waals surface area contributed by atoms with E-state index in [0.717, 1.165) is 0 Å². The summed E-state index contributed by atoms with van der Waals surface area (Å²) < 4.78 is 26.5. The van der Waals surface area contributed by atoms with E-state index < -0.39 is 15.9 Å². The van der Waals surface area contributed by atoms with Crippen LogP contribution in [0.25, 0.3) is 10.8 Å². The molecule has 1 aliphatic rings. The van der Waals surface area contributed by atoms with E-state index in [1.165, 1.54) is 22.9 Å². The summed E-state index contributed by atoms with van der Waals surface area (Å²) in [5.74, 6) is -1.02. The van der Waals surface area contributed by atoms with Gasteiger partial charge in [0, 0.05) is 17.6 Å². The number of carbonyl (C=O) groups is 2. The lowest BCUT2D eigenvalue weighted by atomic mass is 10.1. The number of nitrogens with zero attached hydrogens (tertiary/aromatic N) is 2. The molecule has 11 heteroatoms. The molecule has 10 nitrogen and oxygen atoms in total. The number of hydrogen-bond acceptors (Lipinski definition) is 6. The molecule has 1 aliphatic heterocycles. The number of hydrogen-bond donors (Lipinski definition) is 3. The van der Waals surface area contributed by atoms with E-state index in [0.29, 0.717) is 35.0 Å². The molecule has 0 saturated heterocycles. The Morgan fingerprint density at radius 2 is 1.90 bits per heavy atom. The number of amides is 2. The summed E-state index contributed by atoms with van der Waals surface area (Å²) in [6, 6.07) is 10.7. The molecule has 0 saturated carbocycles. The van der Waals surface area contributed by atoms with Gasteiger partial charge in [-0.05, 0) is 36.2 Å². The van der Waals surface area contributed by atoms with Crippen LogP contribution in [-0.2, 0) is 27.8 Å². The second-order valence-corrected chi connectivity index (χ2v) is 8.71. The lowest BCUT2D eigenvalue weighted by Gasteiger charge is -2.12. The minimum atomic E-state index is -4.10. The van der Waals surface area contributed by atoms with Crippen LogP contribution < -0.4 is 21.1 Å². The number of hydrazine groups is 1. The van der Waals surface area contributed by atoms with Crippen molar-refractivity contribution in [1.82, 2.24) is 20.0 Å². The highest BCUT2D eigenvalue weighted by Crippen LogP contribution is 2.25. The Bertz CT molecular complexity index is 1380. The van der Waals surface area contributed by atoms with Crippen LogP contribution in [0.1, 0.15) is 29.4 Å². The minimum absolute atomic E-state index is 0.0740. The Morgan fingerprint density at radius 1 is 1.16 bits per heavy atom. The van der Waals surface area contributed by atoms with Gasteiger partial charge in [0.25, 0.3) is 21.5 Å². The van der Waals surface area contributed by atoms with E-state index >= 15 is 0 Å². The maximum atomic E-state index is 12.8. The van der Waals surface area contributed by atoms with Crippen LogP contribution in [0.15, 0.2) is 52.2 Å². The zero-order valence-corrected chi connectivity index (χ0v) is 17.3. The fourth-order valence-electron chi connectivity index (χ4n) is 3.37. The van der Waals surface area contributed by atoms with E-state index in [1.54, 1.807) is 24.3 Å². The average Bonchev–Trinajstić information content (AvgIpc) is 3.13. The zero-order valence-electron chi connectivity index (χ0n) is 16.5. The minimum Gasteiger partial charge on any atom is -0.326 e. The van der Waals surface area contributed by atoms with Crippen molar-refractivity contribution >= 4 is 38.3 Å². The summed E-state index contributed by atoms with van der Waals surface area (Å²) >= 11 is 0. The van der Waals surface area contributed by atoms with Crippen LogP contribution in [0.3, 0.4) is 0 Å². The number of benzene rings is 2. The van der Waals surface area contributed by atoms with Crippen LogP contribution in [0.2, 0.25) is 0 Å². The molecule has 4 rings (SSSR count). The van der Waals surface area contributed by atoms with E-state index in [-0.39, 0.29) is 28.5 Å². The maximum absolute atomic E-state index is 12.8. The standard InChI is InChI=1S/C20H19N5O5S/c1-2-9-25-20(28)15-6-4-3-5-14(15)18(23-25)19(27)22-24-31(29,30)13-7-8-16-12(10-13)11-17(26)21-16/h3-8,10,24H,2,9,11H2,1H3,(H,21,26)(H,22,27). The Labute approximate surface area is 177 Å². The van der Waals surface area contributed by atoms with Crippen LogP contribution >= 0.6 is 0 Å². The molecule has 2 amide bonds. The fraction of sp³-hybridized carbons (Fsp3) is 0.200. The molecule has 3 N–H and O–H groups in total. The molecule has 0 unspecified atom stereocenters. The molecule has 0 atom stereocenters. The van der Waals surface area contributed by atoms with Gasteiger partial charge in [0.15, 0.2) is 5.69 Å². The lowest BCUT2D eigenvalue weighted by Crippen LogP contribution is -2.42. The SMILES string of the molecule is CCCn1nc(C(=O)NNS(=O)(=O)c2ccc3c(c2)CC(=O)N3)c2ccccc2c1=O. The first kappa shape index (κ1) is 20.7. The van der Waals surface area contributed by atoms with Crippen LogP contribution in [0.4, 0.5) is 5.69 Å². The smallest absolute Gasteiger partial charge is 0.287 e. The molecule has 160 valence electrons. The van der Waals surface area contributed by atoms with Gasteiger partial charge < -0.3 is 5.32 Å². The predicted octanol–water partition coefficient (Wildman–Crippen LogP) is 0.924. The van der Waals surface area contributed by atoms with Gasteiger partial charge in [-0.2, -0.15) is 5.10 Å². The van der Waals surface area contributed by atoms with Gasteiger partial charge in [0.2, 0.25) is 5.91 Å². The number of fused-ring (bicyclic) bond motifs is 2. The summed E-state index contributed by atoms with van der Waals surface area (Å²) in [5.41, 5.74) is 2.87. The molecular weight excluding hydrogens is 422 g/mol. The van der Waals surface area contributed by atoms with Crippen molar-refractivity contribution in [3.8, 4) is 0 Å². The number of anilines is 1. The third-order valence-corrected chi connectivity index (χ3v) is 6.07. The number of aromatic nitrogens is 2. The van der Waals surface area contributed by atoms with Gasteiger partial charge in [-0.25, -0.2) is 13.1 Å². The number of nitrogens with one attached hydrogen (secondary N) is 3. The van der Waals surface area contributed by atoms with E-state index in [1.807, 2.05) is 11.8 Å². The number of carbonyl (C=O) groups excluding carboxylic acids is 2. The first-order chi connectivity index (χ1) is 14.8. The van der Waals surface area contributed by atoms with Crippen molar-refractivity contribution in [3.05, 3.63) is 64.1 Å². The summed E-state index contributed by atoms with van der Waals surface area (Å²) in [4.78, 5) is 38.7. The number of rotatable bonds is 6. The normalized spacial score (nSPS) is 13.1. The Kier molecular flexibility index (Phi) is 5.29. The molecule has 3 aromatic rings. The number of aryl methyl sites for hydroxylation is 1. The quantitative estimate of drug-likeness (QED) is 0.486. The molecule has 1 aromatic heterocycles. The first-order valence-corrected chi connectivity index (χ1v) is 11.0. The largest absolute Gasteiger partial charge is 0.326 e. The number of sulfonamides is 1. The van der Waals surface area contributed by atoms with Gasteiger partial charge in [0.1, 0.15) is 0 Å². The molecule has 0 fully saturated rings. The summed E-state index contributed by atoms with van der Waals surface area (Å²) in [6.45, 7) is 2.19. The van der Waals surface area contributed by atoms with Crippen molar-refractivity contribution in [2.75, 3.05) is 5.32 Å². The monoisotopic (exact) mass is 441 g/mol. The Hall–Kier alpha value is -3.57. The van der Waals surface area contributed by atoms with Crippen molar-refractivity contribution in [3.63, 3.8) is 0 Å². The highest BCUT2D eigenvalue weighted by atomic mass is 32.2. The Morgan fingerprint density at radius 3 is 2.65 bits per heavy atom. The highest BCUT2D eigenvalue weighted by Gasteiger charge is 2.23. The fourth-order valence-corrected chi connectivity index (χ4v) is 4.26. The third kappa shape index (κ3) is 3.92. The second-order valence-electron chi connectivity index (χ2n) is 7.03. The van der Waals surface area contributed by atoms with E-state index in [4.69, 9.17) is 0 Å². The summed E-state index contributed by atoms with van der Waals surface area (Å²) in [5, 5.41) is 7.39. The molecule has 2 aromatic carbocycles. The van der Waals surface area contributed by atoms with Crippen LogP contribution in [0.5, 0.6) is 0 Å². The van der Waals surface area contributed by atoms with E-state index in [9.17, 15) is 22.8 Å². The molecule has 2 heterocycles. The second kappa shape index (κ2) is 7.93. The summed E-state index contributed by atoms with van der Waals surface area (Å²) in [6.07, 6.45) is 0.717. The van der Waals surface area contributed by atoms with Crippen molar-refractivity contribution < 1.29 is 18.0 Å². The predicted molar refractivity (Wildman–Crippen MR) is 113 cm³/mol. The van der Waals surface area contributed by atoms with Crippen LogP contribution in [-0.4, -0.2) is 30.0 Å². The van der Waals surface area contributed by atoms with Crippen molar-refractivity contribution in [2.45, 2.75) is 31.2 Å². The zero-order chi connectivity index (χ0) is 22.2. The van der Waals surface area contributed by atoms with Gasteiger partial charge >= 0.3 is 0 Å². The molecular formula is C20H19N5O5S. The first-order valence-electron chi connectivity index (χ1n) is 9.55. The van der Waals surface area contributed by atoms with Gasteiger partial charge in [0.05, 0.1) is 16.7 Å². The average molecular weight is 441 g/mol. The summed E-state index contributed by atoms with van der Waals surface area (Å²) in [7, 11) is -4.10. The van der Waals surface area contributed by atoms with Crippen molar-refractivity contribution in [2.24, 2.45) is 0 Å². The van der Waals surface area contributed by atoms with E-state index in [2.05, 4.69) is 15.8 Å². The molecule has 31 heavy (non-hydrogen) atoms. The van der Waals surface area contributed by atoms with Crippen LogP contribution in [0, 0.1) is 0 Å². The lowest BCUT2D eigenvalue weighted by molar-refractivity contribution is -0.115. The van der Waals surface area contributed by atoms with Gasteiger partial charge in [-0.1, -0.05) is 25.1 Å². The highest BCUT2D eigenvalue weighted by molar-refractivity contribution is 7.89. The van der Waals surface area contributed by atoms with Gasteiger partial charge in [-0.15, -0.1) is 4.83 Å². The molecule has 0 bridgehead atoms. The molecule has 0 spiro atoms. The maximum Gasteiger partial charge on any atom is 0.287 e. The molecule has 0 aliphatic carbocycles. The third-order valence-electron chi connectivity index (χ3n) is 4.83. The van der Waals surface area contributed by atoms with Crippen molar-refractivity contribution in [1.29, 1.82) is 0 Å². The van der Waals surface area contributed by atoms with Gasteiger partial charge in [-0.3, -0.25) is 19.8 Å². The Balaban J connectivity index is 1.61. The molecule has 0 radical (unpaired) electrons. The topological polar surface area (TPSA) is 139 Å².